The lowest BCUT2D eigenvalue weighted by atomic mass is 10.0. The van der Waals surface area contributed by atoms with Crippen LogP contribution in [0.25, 0.3) is 0 Å². The second kappa shape index (κ2) is 9.66. The highest BCUT2D eigenvalue weighted by molar-refractivity contribution is 5.96. The Morgan fingerprint density at radius 2 is 2.10 bits per heavy atom. The van der Waals surface area contributed by atoms with Crippen LogP contribution in [0.2, 0.25) is 0 Å². The summed E-state index contributed by atoms with van der Waals surface area (Å²) in [5.74, 6) is -2.14. The van der Waals surface area contributed by atoms with Gasteiger partial charge in [-0.25, -0.2) is 4.39 Å². The molecule has 0 bridgehead atoms. The number of carbonyl (C=O) groups excluding carboxylic acids is 4. The van der Waals surface area contributed by atoms with E-state index >= 15 is 0 Å². The summed E-state index contributed by atoms with van der Waals surface area (Å²) in [7, 11) is 1.38. The maximum Gasteiger partial charge on any atom is 0.254 e. The molecular formula is C20H25FN4O5. The third kappa shape index (κ3) is 4.93. The van der Waals surface area contributed by atoms with Gasteiger partial charge in [0.05, 0.1) is 6.54 Å². The van der Waals surface area contributed by atoms with Gasteiger partial charge in [-0.2, -0.15) is 0 Å². The Morgan fingerprint density at radius 3 is 2.80 bits per heavy atom. The van der Waals surface area contributed by atoms with E-state index in [2.05, 4.69) is 10.6 Å². The topological polar surface area (TPSA) is 108 Å². The molecule has 2 heterocycles. The molecule has 2 N–H and O–H groups in total. The Balaban J connectivity index is 1.76. The van der Waals surface area contributed by atoms with Crippen molar-refractivity contribution >= 4 is 23.6 Å². The van der Waals surface area contributed by atoms with Gasteiger partial charge in [-0.05, 0) is 31.0 Å². The molecule has 162 valence electrons. The minimum absolute atomic E-state index is 0.0645. The van der Waals surface area contributed by atoms with Gasteiger partial charge in [0.1, 0.15) is 24.5 Å². The fraction of sp³-hybridized carbons (Fsp3) is 0.500. The normalized spacial score (nSPS) is 21.7. The second-order valence-electron chi connectivity index (χ2n) is 7.29. The average Bonchev–Trinajstić information content (AvgIpc) is 2.74. The van der Waals surface area contributed by atoms with E-state index in [0.717, 1.165) is 12.5 Å². The molecule has 2 aliphatic heterocycles. The first-order valence-corrected chi connectivity index (χ1v) is 9.82. The first kappa shape index (κ1) is 21.7. The summed E-state index contributed by atoms with van der Waals surface area (Å²) in [4.78, 5) is 53.0. The molecule has 2 atom stereocenters. The monoisotopic (exact) mass is 420 g/mol. The molecule has 1 aromatic rings. The van der Waals surface area contributed by atoms with Crippen LogP contribution in [-0.4, -0.2) is 85.4 Å². The first-order chi connectivity index (χ1) is 14.4. The van der Waals surface area contributed by atoms with Crippen LogP contribution in [0.5, 0.6) is 0 Å². The highest BCUT2D eigenvalue weighted by Gasteiger charge is 2.38. The number of ether oxygens (including phenoxy) is 1. The Labute approximate surface area is 173 Å². The molecule has 0 aliphatic carbocycles. The lowest BCUT2D eigenvalue weighted by Crippen LogP contribution is -2.64. The highest BCUT2D eigenvalue weighted by Crippen LogP contribution is 2.16. The highest BCUT2D eigenvalue weighted by atomic mass is 19.1. The SMILES string of the molecule is COCC(=O)N1CCN(C(=O)c2cccc(F)c2)C[C@H]1C(=O)N[C@H]1CCCNC1=O. The predicted molar refractivity (Wildman–Crippen MR) is 104 cm³/mol. The Kier molecular flexibility index (Phi) is 6.99. The van der Waals surface area contributed by atoms with Crippen molar-refractivity contribution in [1.29, 1.82) is 0 Å². The fourth-order valence-corrected chi connectivity index (χ4v) is 3.68. The molecular weight excluding hydrogens is 395 g/mol. The van der Waals surface area contributed by atoms with E-state index < -0.39 is 29.7 Å². The molecule has 0 saturated carbocycles. The largest absolute Gasteiger partial charge is 0.375 e. The fourth-order valence-electron chi connectivity index (χ4n) is 3.68. The Hall–Kier alpha value is -3.01. The van der Waals surface area contributed by atoms with Crippen LogP contribution in [-0.2, 0) is 19.1 Å². The number of methoxy groups -OCH3 is 1. The number of amides is 4. The number of hydrogen-bond acceptors (Lipinski definition) is 5. The van der Waals surface area contributed by atoms with Gasteiger partial charge < -0.3 is 25.2 Å². The van der Waals surface area contributed by atoms with Crippen molar-refractivity contribution in [2.75, 3.05) is 39.9 Å². The summed E-state index contributed by atoms with van der Waals surface area (Å²) < 4.78 is 18.4. The molecule has 0 aromatic heterocycles. The number of nitrogens with one attached hydrogen (secondary N) is 2. The zero-order chi connectivity index (χ0) is 21.7. The summed E-state index contributed by atoms with van der Waals surface area (Å²) in [5, 5.41) is 5.38. The van der Waals surface area contributed by atoms with Gasteiger partial charge in [0.2, 0.25) is 17.7 Å². The van der Waals surface area contributed by atoms with Gasteiger partial charge in [-0.3, -0.25) is 19.2 Å². The number of benzene rings is 1. The van der Waals surface area contributed by atoms with Crippen molar-refractivity contribution in [3.8, 4) is 0 Å². The maximum absolute atomic E-state index is 13.5. The minimum atomic E-state index is -0.978. The summed E-state index contributed by atoms with van der Waals surface area (Å²) in [5.41, 5.74) is 0.164. The number of hydrogen-bond donors (Lipinski definition) is 2. The van der Waals surface area contributed by atoms with Crippen LogP contribution in [0.1, 0.15) is 23.2 Å². The van der Waals surface area contributed by atoms with E-state index in [1.165, 1.54) is 35.1 Å². The van der Waals surface area contributed by atoms with Gasteiger partial charge in [0.15, 0.2) is 0 Å². The van der Waals surface area contributed by atoms with E-state index in [9.17, 15) is 23.6 Å². The second-order valence-corrected chi connectivity index (χ2v) is 7.29. The molecule has 4 amide bonds. The van der Waals surface area contributed by atoms with E-state index in [-0.39, 0.29) is 43.6 Å². The van der Waals surface area contributed by atoms with Gasteiger partial charge in [0.25, 0.3) is 5.91 Å². The van der Waals surface area contributed by atoms with E-state index in [1.54, 1.807) is 0 Å². The third-order valence-corrected chi connectivity index (χ3v) is 5.23. The molecule has 3 rings (SSSR count). The van der Waals surface area contributed by atoms with Crippen molar-refractivity contribution < 1.29 is 28.3 Å². The van der Waals surface area contributed by atoms with Gasteiger partial charge in [-0.1, -0.05) is 6.07 Å². The van der Waals surface area contributed by atoms with E-state index in [4.69, 9.17) is 4.74 Å². The van der Waals surface area contributed by atoms with Crippen LogP contribution >= 0.6 is 0 Å². The Morgan fingerprint density at radius 1 is 1.30 bits per heavy atom. The minimum Gasteiger partial charge on any atom is -0.375 e. The number of piperidine rings is 1. The van der Waals surface area contributed by atoms with Crippen LogP contribution in [0.4, 0.5) is 4.39 Å². The zero-order valence-electron chi connectivity index (χ0n) is 16.7. The number of rotatable bonds is 5. The van der Waals surface area contributed by atoms with Gasteiger partial charge in [-0.15, -0.1) is 0 Å². The quantitative estimate of drug-likeness (QED) is 0.669. The maximum atomic E-state index is 13.5. The van der Waals surface area contributed by atoms with Crippen LogP contribution < -0.4 is 10.6 Å². The van der Waals surface area contributed by atoms with Crippen molar-refractivity contribution in [3.05, 3.63) is 35.6 Å². The smallest absolute Gasteiger partial charge is 0.254 e. The van der Waals surface area contributed by atoms with Crippen molar-refractivity contribution in [1.82, 2.24) is 20.4 Å². The molecule has 2 fully saturated rings. The van der Waals surface area contributed by atoms with Crippen LogP contribution in [0.15, 0.2) is 24.3 Å². The summed E-state index contributed by atoms with van der Waals surface area (Å²) in [6, 6.07) is 3.64. The van der Waals surface area contributed by atoms with E-state index in [0.29, 0.717) is 13.0 Å². The molecule has 0 radical (unpaired) electrons. The number of piperazine rings is 1. The summed E-state index contributed by atoms with van der Waals surface area (Å²) in [6.45, 7) is 0.607. The Bertz CT molecular complexity index is 833. The van der Waals surface area contributed by atoms with Gasteiger partial charge in [0, 0.05) is 32.3 Å². The van der Waals surface area contributed by atoms with Crippen LogP contribution in [0, 0.1) is 5.82 Å². The molecule has 30 heavy (non-hydrogen) atoms. The van der Waals surface area contributed by atoms with Crippen molar-refractivity contribution in [2.24, 2.45) is 0 Å². The predicted octanol–water partition coefficient (Wildman–Crippen LogP) is -0.480. The standard InChI is InChI=1S/C20H25FN4O5/c1-30-12-17(26)25-9-8-24(20(29)13-4-2-5-14(21)10-13)11-16(25)19(28)23-15-6-3-7-22-18(15)27/h2,4-5,10,15-16H,3,6-9,11-12H2,1H3,(H,22,27)(H,23,28)/t15-,16-/m0/s1. The zero-order valence-corrected chi connectivity index (χ0v) is 16.7. The molecule has 2 aliphatic rings. The molecule has 1 aromatic carbocycles. The van der Waals surface area contributed by atoms with E-state index in [1.807, 2.05) is 0 Å². The summed E-state index contributed by atoms with van der Waals surface area (Å²) >= 11 is 0. The first-order valence-electron chi connectivity index (χ1n) is 9.82. The van der Waals surface area contributed by atoms with Crippen molar-refractivity contribution in [2.45, 2.75) is 24.9 Å². The summed E-state index contributed by atoms with van der Waals surface area (Å²) in [6.07, 6.45) is 1.24. The molecule has 9 nitrogen and oxygen atoms in total. The van der Waals surface area contributed by atoms with Crippen LogP contribution in [0.3, 0.4) is 0 Å². The van der Waals surface area contributed by atoms with Gasteiger partial charge >= 0.3 is 0 Å². The lowest BCUT2D eigenvalue weighted by molar-refractivity contribution is -0.146. The number of carbonyl (C=O) groups is 4. The number of nitrogens with zero attached hydrogens (tertiary/aromatic N) is 2. The van der Waals surface area contributed by atoms with Crippen molar-refractivity contribution in [3.63, 3.8) is 0 Å². The molecule has 0 spiro atoms. The molecule has 10 heteroatoms. The molecule has 0 unspecified atom stereocenters. The third-order valence-electron chi connectivity index (χ3n) is 5.23. The lowest BCUT2D eigenvalue weighted by Gasteiger charge is -2.41. The molecule has 2 saturated heterocycles. The average molecular weight is 420 g/mol. The number of halogens is 1.